The predicted octanol–water partition coefficient (Wildman–Crippen LogP) is 3.63. The monoisotopic (exact) mass is 428 g/mol. The van der Waals surface area contributed by atoms with Crippen molar-refractivity contribution in [1.82, 2.24) is 9.80 Å². The van der Waals surface area contributed by atoms with Gasteiger partial charge in [0.05, 0.1) is 12.0 Å². The molecule has 0 bridgehead atoms. The fraction of sp³-hybridized carbons (Fsp3) is 0.259. The van der Waals surface area contributed by atoms with Gasteiger partial charge in [0.2, 0.25) is 11.8 Å². The Morgan fingerprint density at radius 2 is 1.28 bits per heavy atom. The first-order valence-electron chi connectivity index (χ1n) is 10.9. The number of carbonyl (C=O) groups is 2. The van der Waals surface area contributed by atoms with Crippen molar-refractivity contribution in [3.8, 4) is 0 Å². The maximum atomic E-state index is 13.8. The minimum absolute atomic E-state index is 0.0231. The highest BCUT2D eigenvalue weighted by Crippen LogP contribution is 2.35. The Bertz CT molecular complexity index is 999. The Morgan fingerprint density at radius 1 is 0.812 bits per heavy atom. The summed E-state index contributed by atoms with van der Waals surface area (Å²) in [4.78, 5) is 30.1. The Balaban J connectivity index is 1.58. The van der Waals surface area contributed by atoms with Gasteiger partial charge in [-0.2, -0.15) is 0 Å². The normalized spacial score (nSPS) is 18.0. The zero-order valence-electron chi connectivity index (χ0n) is 18.1. The lowest BCUT2D eigenvalue weighted by Gasteiger charge is -2.33. The van der Waals surface area contributed by atoms with E-state index in [0.717, 1.165) is 16.7 Å². The van der Waals surface area contributed by atoms with E-state index in [1.807, 2.05) is 91.0 Å². The lowest BCUT2D eigenvalue weighted by atomic mass is 9.85. The third kappa shape index (κ3) is 4.89. The Kier molecular flexibility index (Phi) is 6.66. The Hall–Kier alpha value is -3.44. The lowest BCUT2D eigenvalue weighted by molar-refractivity contribution is -0.145. The summed E-state index contributed by atoms with van der Waals surface area (Å²) in [5.41, 5.74) is 1.90. The first kappa shape index (κ1) is 21.8. The molecule has 0 aromatic heterocycles. The molecule has 0 aliphatic carbocycles. The molecule has 1 heterocycles. The average molecular weight is 429 g/mol. The van der Waals surface area contributed by atoms with Gasteiger partial charge in [-0.1, -0.05) is 91.0 Å². The maximum Gasteiger partial charge on any atom is 0.234 e. The molecule has 0 spiro atoms. The van der Waals surface area contributed by atoms with Crippen LogP contribution in [-0.2, 0) is 29.2 Å². The number of nitrogens with zero attached hydrogens (tertiary/aromatic N) is 2. The van der Waals surface area contributed by atoms with Crippen molar-refractivity contribution in [2.45, 2.75) is 26.1 Å². The van der Waals surface area contributed by atoms with E-state index in [4.69, 9.17) is 0 Å². The molecule has 1 atom stereocenters. The fourth-order valence-electron chi connectivity index (χ4n) is 4.32. The topological polar surface area (TPSA) is 60.9 Å². The van der Waals surface area contributed by atoms with Crippen molar-refractivity contribution in [3.63, 3.8) is 0 Å². The molecular weight excluding hydrogens is 400 g/mol. The molecule has 164 valence electrons. The summed E-state index contributed by atoms with van der Waals surface area (Å²) in [6.07, 6.45) is 0.0231. The van der Waals surface area contributed by atoms with Crippen molar-refractivity contribution in [1.29, 1.82) is 0 Å². The van der Waals surface area contributed by atoms with Gasteiger partial charge in [0.25, 0.3) is 0 Å². The van der Waals surface area contributed by atoms with E-state index in [9.17, 15) is 14.7 Å². The van der Waals surface area contributed by atoms with Crippen LogP contribution in [0.3, 0.4) is 0 Å². The van der Waals surface area contributed by atoms with E-state index < -0.39 is 5.41 Å². The van der Waals surface area contributed by atoms with Crippen molar-refractivity contribution in [2.24, 2.45) is 5.41 Å². The number of amides is 2. The number of aliphatic hydroxyl groups is 1. The Labute approximate surface area is 188 Å². The van der Waals surface area contributed by atoms with Gasteiger partial charge in [-0.15, -0.1) is 0 Å². The van der Waals surface area contributed by atoms with E-state index >= 15 is 0 Å². The van der Waals surface area contributed by atoms with E-state index in [-0.39, 0.29) is 31.4 Å². The van der Waals surface area contributed by atoms with Gasteiger partial charge < -0.3 is 14.9 Å². The lowest BCUT2D eigenvalue weighted by Crippen LogP contribution is -2.47. The molecule has 1 unspecified atom stereocenters. The quantitative estimate of drug-likeness (QED) is 0.596. The van der Waals surface area contributed by atoms with Crippen LogP contribution >= 0.6 is 0 Å². The molecule has 1 fully saturated rings. The second-order valence-corrected chi connectivity index (χ2v) is 8.48. The minimum atomic E-state index is -1.13. The number of benzene rings is 3. The van der Waals surface area contributed by atoms with Crippen LogP contribution < -0.4 is 0 Å². The van der Waals surface area contributed by atoms with Crippen molar-refractivity contribution in [3.05, 3.63) is 108 Å². The second-order valence-electron chi connectivity index (χ2n) is 8.48. The van der Waals surface area contributed by atoms with E-state index in [1.54, 1.807) is 9.80 Å². The predicted molar refractivity (Wildman–Crippen MR) is 123 cm³/mol. The average Bonchev–Trinajstić information content (AvgIpc) is 3.16. The molecule has 5 nitrogen and oxygen atoms in total. The van der Waals surface area contributed by atoms with Crippen LogP contribution in [0, 0.1) is 5.41 Å². The van der Waals surface area contributed by atoms with Gasteiger partial charge in [0.1, 0.15) is 0 Å². The van der Waals surface area contributed by atoms with Gasteiger partial charge in [0, 0.05) is 32.6 Å². The SMILES string of the molecule is O=C1CC(CO)(C(=O)N(Cc2ccccc2)Cc2ccccc2)CN1Cc1ccccc1. The van der Waals surface area contributed by atoms with Crippen molar-refractivity contribution >= 4 is 11.8 Å². The summed E-state index contributed by atoms with van der Waals surface area (Å²) < 4.78 is 0. The van der Waals surface area contributed by atoms with Crippen LogP contribution in [0.4, 0.5) is 0 Å². The van der Waals surface area contributed by atoms with Gasteiger partial charge in [-0.25, -0.2) is 0 Å². The van der Waals surface area contributed by atoms with Gasteiger partial charge in [-0.05, 0) is 16.7 Å². The number of aliphatic hydroxyl groups excluding tert-OH is 1. The summed E-state index contributed by atoms with van der Waals surface area (Å²) in [5.74, 6) is -0.285. The second kappa shape index (κ2) is 9.79. The number of carbonyl (C=O) groups excluding carboxylic acids is 2. The largest absolute Gasteiger partial charge is 0.395 e. The highest BCUT2D eigenvalue weighted by molar-refractivity contribution is 5.92. The summed E-state index contributed by atoms with van der Waals surface area (Å²) in [5, 5.41) is 10.3. The van der Waals surface area contributed by atoms with Gasteiger partial charge in [-0.3, -0.25) is 9.59 Å². The summed E-state index contributed by atoms with van der Waals surface area (Å²) >= 11 is 0. The molecule has 3 aromatic carbocycles. The number of likely N-dealkylation sites (tertiary alicyclic amines) is 1. The fourth-order valence-corrected chi connectivity index (χ4v) is 4.32. The van der Waals surface area contributed by atoms with Crippen LogP contribution in [0.1, 0.15) is 23.1 Å². The molecule has 0 radical (unpaired) electrons. The van der Waals surface area contributed by atoms with Crippen LogP contribution in [0.25, 0.3) is 0 Å². The molecule has 1 aliphatic heterocycles. The third-order valence-electron chi connectivity index (χ3n) is 6.03. The molecule has 5 heteroatoms. The third-order valence-corrected chi connectivity index (χ3v) is 6.03. The Morgan fingerprint density at radius 3 is 1.75 bits per heavy atom. The number of hydrogen-bond donors (Lipinski definition) is 1. The molecule has 1 aliphatic rings. The van der Waals surface area contributed by atoms with Crippen LogP contribution in [0.2, 0.25) is 0 Å². The zero-order valence-corrected chi connectivity index (χ0v) is 18.1. The molecule has 1 saturated heterocycles. The summed E-state index contributed by atoms with van der Waals surface area (Å²) in [6.45, 7) is 1.14. The first-order chi connectivity index (χ1) is 15.6. The maximum absolute atomic E-state index is 13.8. The van der Waals surface area contributed by atoms with Crippen LogP contribution in [-0.4, -0.2) is 39.9 Å². The number of rotatable bonds is 8. The minimum Gasteiger partial charge on any atom is -0.395 e. The molecule has 4 rings (SSSR count). The molecule has 0 saturated carbocycles. The zero-order chi connectivity index (χ0) is 22.4. The van der Waals surface area contributed by atoms with E-state index in [2.05, 4.69) is 0 Å². The summed E-state index contributed by atoms with van der Waals surface area (Å²) in [6, 6.07) is 29.3. The molecule has 2 amide bonds. The van der Waals surface area contributed by atoms with Crippen molar-refractivity contribution < 1.29 is 14.7 Å². The molecular formula is C27H28N2O3. The summed E-state index contributed by atoms with van der Waals surface area (Å²) in [7, 11) is 0. The highest BCUT2D eigenvalue weighted by Gasteiger charge is 2.50. The van der Waals surface area contributed by atoms with Crippen LogP contribution in [0.5, 0.6) is 0 Å². The highest BCUT2D eigenvalue weighted by atomic mass is 16.3. The van der Waals surface area contributed by atoms with Gasteiger partial charge in [0.15, 0.2) is 0 Å². The standard InChI is InChI=1S/C27H28N2O3/c30-21-27(16-25(31)29(20-27)19-24-14-8-3-9-15-24)26(32)28(17-22-10-4-1-5-11-22)18-23-12-6-2-7-13-23/h1-15,30H,16-21H2. The van der Waals surface area contributed by atoms with Gasteiger partial charge >= 0.3 is 0 Å². The first-order valence-corrected chi connectivity index (χ1v) is 10.9. The van der Waals surface area contributed by atoms with Crippen LogP contribution in [0.15, 0.2) is 91.0 Å². The van der Waals surface area contributed by atoms with E-state index in [1.165, 1.54) is 0 Å². The smallest absolute Gasteiger partial charge is 0.234 e. The molecule has 32 heavy (non-hydrogen) atoms. The number of hydrogen-bond acceptors (Lipinski definition) is 3. The molecule has 3 aromatic rings. The molecule has 1 N–H and O–H groups in total. The van der Waals surface area contributed by atoms with Crippen molar-refractivity contribution in [2.75, 3.05) is 13.2 Å². The van der Waals surface area contributed by atoms with E-state index in [0.29, 0.717) is 19.6 Å².